The maximum Gasteiger partial charge on any atom is 0.137 e. The molecule has 0 amide bonds. The van der Waals surface area contributed by atoms with E-state index in [2.05, 4.69) is 4.98 Å². The van der Waals surface area contributed by atoms with Gasteiger partial charge in [-0.05, 0) is 25.1 Å². The van der Waals surface area contributed by atoms with Gasteiger partial charge in [0.2, 0.25) is 0 Å². The lowest BCUT2D eigenvalue weighted by Crippen LogP contribution is -2.05. The van der Waals surface area contributed by atoms with Gasteiger partial charge in [0.1, 0.15) is 11.9 Å². The average Bonchev–Trinajstić information content (AvgIpc) is 2.39. The van der Waals surface area contributed by atoms with E-state index >= 15 is 0 Å². The van der Waals surface area contributed by atoms with Crippen LogP contribution >= 0.6 is 11.6 Å². The number of aliphatic hydroxyl groups is 1. The van der Waals surface area contributed by atoms with Crippen molar-refractivity contribution in [2.75, 3.05) is 12.3 Å². The molecule has 3 N–H and O–H groups in total. The molecule has 1 aromatic carbocycles. The molecule has 0 aliphatic carbocycles. The van der Waals surface area contributed by atoms with Crippen LogP contribution in [0.25, 0.3) is 0 Å². The van der Waals surface area contributed by atoms with Crippen molar-refractivity contribution in [2.24, 2.45) is 0 Å². The van der Waals surface area contributed by atoms with Crippen LogP contribution in [-0.4, -0.2) is 16.7 Å². The Morgan fingerprint density at radius 2 is 2.16 bits per heavy atom. The Labute approximate surface area is 116 Å². The maximum atomic E-state index is 10.3. The minimum Gasteiger partial charge on any atom is -0.492 e. The molecule has 4 nitrogen and oxygen atoms in total. The molecule has 0 aliphatic heterocycles. The van der Waals surface area contributed by atoms with E-state index in [1.165, 1.54) is 0 Å². The zero-order valence-corrected chi connectivity index (χ0v) is 11.3. The van der Waals surface area contributed by atoms with Crippen LogP contribution in [0.1, 0.15) is 24.2 Å². The maximum absolute atomic E-state index is 10.3. The van der Waals surface area contributed by atoms with Gasteiger partial charge in [-0.2, -0.15) is 0 Å². The summed E-state index contributed by atoms with van der Waals surface area (Å²) in [6.07, 6.45) is 2.33. The molecule has 1 heterocycles. The molecule has 0 bridgehead atoms. The molecule has 1 atom stereocenters. The number of ether oxygens (including phenoxy) is 1. The topological polar surface area (TPSA) is 68.4 Å². The Morgan fingerprint density at radius 3 is 2.84 bits per heavy atom. The molecule has 0 aliphatic rings. The second-order valence-corrected chi connectivity index (χ2v) is 4.50. The van der Waals surface area contributed by atoms with Crippen molar-refractivity contribution in [3.63, 3.8) is 0 Å². The van der Waals surface area contributed by atoms with Gasteiger partial charge in [-0.3, -0.25) is 4.98 Å². The number of aliphatic hydroxyl groups excluding tert-OH is 1. The lowest BCUT2D eigenvalue weighted by Gasteiger charge is -2.14. The van der Waals surface area contributed by atoms with E-state index in [9.17, 15) is 5.11 Å². The minimum atomic E-state index is -0.856. The lowest BCUT2D eigenvalue weighted by atomic mass is 10.0. The van der Waals surface area contributed by atoms with Gasteiger partial charge in [0.15, 0.2) is 0 Å². The second-order valence-electron chi connectivity index (χ2n) is 4.06. The zero-order chi connectivity index (χ0) is 13.8. The van der Waals surface area contributed by atoms with Gasteiger partial charge in [-0.1, -0.05) is 17.7 Å². The standard InChI is InChI=1S/C14H15ClN2O2/c1-2-19-11-5-9(7-17-8-11)14(18)12-4-3-10(15)6-13(12)16/h3-8,14,18H,2,16H2,1H3. The molecule has 0 fully saturated rings. The summed E-state index contributed by atoms with van der Waals surface area (Å²) in [5.74, 6) is 0.617. The summed E-state index contributed by atoms with van der Waals surface area (Å²) in [4.78, 5) is 4.05. The highest BCUT2D eigenvalue weighted by atomic mass is 35.5. The molecule has 0 spiro atoms. The van der Waals surface area contributed by atoms with Crippen LogP contribution in [0, 0.1) is 0 Å². The van der Waals surface area contributed by atoms with Crippen LogP contribution in [0.3, 0.4) is 0 Å². The molecule has 2 rings (SSSR count). The summed E-state index contributed by atoms with van der Waals surface area (Å²) < 4.78 is 5.36. The van der Waals surface area contributed by atoms with Crippen molar-refractivity contribution >= 4 is 17.3 Å². The van der Waals surface area contributed by atoms with Crippen LogP contribution in [-0.2, 0) is 0 Å². The van der Waals surface area contributed by atoms with Gasteiger partial charge in [-0.25, -0.2) is 0 Å². The SMILES string of the molecule is CCOc1cncc(C(O)c2ccc(Cl)cc2N)c1. The first kappa shape index (κ1) is 13.6. The van der Waals surface area contributed by atoms with Gasteiger partial charge in [0.25, 0.3) is 0 Å². The van der Waals surface area contributed by atoms with Crippen LogP contribution in [0.2, 0.25) is 5.02 Å². The van der Waals surface area contributed by atoms with Gasteiger partial charge in [0, 0.05) is 28.0 Å². The summed E-state index contributed by atoms with van der Waals surface area (Å²) in [7, 11) is 0. The fourth-order valence-electron chi connectivity index (χ4n) is 1.80. The van der Waals surface area contributed by atoms with E-state index in [4.69, 9.17) is 22.1 Å². The highest BCUT2D eigenvalue weighted by Crippen LogP contribution is 2.29. The number of nitrogen functional groups attached to an aromatic ring is 1. The van der Waals surface area contributed by atoms with Crippen molar-refractivity contribution in [3.05, 3.63) is 52.8 Å². The third-order valence-corrected chi connectivity index (χ3v) is 2.94. The fraction of sp³-hybridized carbons (Fsp3) is 0.214. The van der Waals surface area contributed by atoms with E-state index in [-0.39, 0.29) is 0 Å². The minimum absolute atomic E-state index is 0.446. The fourth-order valence-corrected chi connectivity index (χ4v) is 1.99. The van der Waals surface area contributed by atoms with Gasteiger partial charge < -0.3 is 15.6 Å². The first-order valence-electron chi connectivity index (χ1n) is 5.92. The number of nitrogens with zero attached hydrogens (tertiary/aromatic N) is 1. The van der Waals surface area contributed by atoms with E-state index in [0.29, 0.717) is 34.2 Å². The normalized spacial score (nSPS) is 12.2. The first-order chi connectivity index (χ1) is 9.11. The van der Waals surface area contributed by atoms with E-state index < -0.39 is 6.10 Å². The van der Waals surface area contributed by atoms with Crippen LogP contribution in [0.15, 0.2) is 36.7 Å². The average molecular weight is 279 g/mol. The van der Waals surface area contributed by atoms with Gasteiger partial charge in [-0.15, -0.1) is 0 Å². The summed E-state index contributed by atoms with van der Waals surface area (Å²) in [6, 6.07) is 6.75. The predicted molar refractivity (Wildman–Crippen MR) is 75.3 cm³/mol. The van der Waals surface area contributed by atoms with Crippen molar-refractivity contribution in [1.29, 1.82) is 0 Å². The summed E-state index contributed by atoms with van der Waals surface area (Å²) in [6.45, 7) is 2.44. The number of rotatable bonds is 4. The van der Waals surface area contributed by atoms with Crippen molar-refractivity contribution in [3.8, 4) is 5.75 Å². The molecule has 1 unspecified atom stereocenters. The molecule has 0 saturated carbocycles. The number of hydrogen-bond donors (Lipinski definition) is 2. The largest absolute Gasteiger partial charge is 0.492 e. The molecule has 2 aromatic rings. The van der Waals surface area contributed by atoms with Gasteiger partial charge >= 0.3 is 0 Å². The van der Waals surface area contributed by atoms with Crippen molar-refractivity contribution < 1.29 is 9.84 Å². The molecule has 5 heteroatoms. The highest BCUT2D eigenvalue weighted by Gasteiger charge is 2.14. The molecule has 0 saturated heterocycles. The number of hydrogen-bond acceptors (Lipinski definition) is 4. The van der Waals surface area contributed by atoms with Crippen LogP contribution in [0.5, 0.6) is 5.75 Å². The summed E-state index contributed by atoms with van der Waals surface area (Å²) in [5, 5.41) is 10.9. The predicted octanol–water partition coefficient (Wildman–Crippen LogP) is 2.80. The van der Waals surface area contributed by atoms with Crippen molar-refractivity contribution in [2.45, 2.75) is 13.0 Å². The Balaban J connectivity index is 2.32. The third-order valence-electron chi connectivity index (χ3n) is 2.70. The Hall–Kier alpha value is -1.78. The molecular weight excluding hydrogens is 264 g/mol. The highest BCUT2D eigenvalue weighted by molar-refractivity contribution is 6.30. The molecule has 0 radical (unpaired) electrons. The number of benzene rings is 1. The van der Waals surface area contributed by atoms with E-state index in [0.717, 1.165) is 0 Å². The molecule has 100 valence electrons. The molecule has 1 aromatic heterocycles. The monoisotopic (exact) mass is 278 g/mol. The number of pyridine rings is 1. The third kappa shape index (κ3) is 3.16. The van der Waals surface area contributed by atoms with Crippen LogP contribution < -0.4 is 10.5 Å². The zero-order valence-electron chi connectivity index (χ0n) is 10.5. The smallest absolute Gasteiger partial charge is 0.137 e. The second kappa shape index (κ2) is 5.91. The molecular formula is C14H15ClN2O2. The number of anilines is 1. The lowest BCUT2D eigenvalue weighted by molar-refractivity contribution is 0.219. The quantitative estimate of drug-likeness (QED) is 0.844. The van der Waals surface area contributed by atoms with Gasteiger partial charge in [0.05, 0.1) is 12.8 Å². The summed E-state index contributed by atoms with van der Waals surface area (Å²) in [5.41, 5.74) is 7.53. The Bertz CT molecular complexity index is 575. The van der Waals surface area contributed by atoms with Crippen molar-refractivity contribution in [1.82, 2.24) is 4.98 Å². The number of aromatic nitrogens is 1. The number of nitrogens with two attached hydrogens (primary N) is 1. The molecule has 19 heavy (non-hydrogen) atoms. The van der Waals surface area contributed by atoms with E-state index in [1.807, 2.05) is 6.92 Å². The Kier molecular flexibility index (Phi) is 4.24. The van der Waals surface area contributed by atoms with Crippen LogP contribution in [0.4, 0.5) is 5.69 Å². The Morgan fingerprint density at radius 1 is 1.37 bits per heavy atom. The first-order valence-corrected chi connectivity index (χ1v) is 6.30. The summed E-state index contributed by atoms with van der Waals surface area (Å²) >= 11 is 5.84. The number of halogens is 1. The van der Waals surface area contributed by atoms with E-state index in [1.54, 1.807) is 36.7 Å².